The van der Waals surface area contributed by atoms with Crippen LogP contribution in [0, 0.1) is 0 Å². The summed E-state index contributed by atoms with van der Waals surface area (Å²) in [4.78, 5) is 0. The van der Waals surface area contributed by atoms with E-state index in [1.807, 2.05) is 12.1 Å². The van der Waals surface area contributed by atoms with E-state index < -0.39 is 15.2 Å². The number of hydrogen-bond acceptors (Lipinski definition) is 2. The Kier molecular flexibility index (Phi) is 7.37. The van der Waals surface area contributed by atoms with Crippen LogP contribution in [0.15, 0.2) is 24.3 Å². The topological polar surface area (TPSA) is 40.5 Å². The van der Waals surface area contributed by atoms with E-state index in [1.54, 1.807) is 0 Å². The van der Waals surface area contributed by atoms with E-state index in [4.69, 9.17) is 0 Å². The Labute approximate surface area is 138 Å². The standard InChI is InChI=1S/C18H33BO2Si/c1-7-14(4)22(15(5)8-2,16(6)9-3)18-12-10-11-17(13-18)19(20)21/h10-16,20-21H,7-9H2,1-6H3. The minimum atomic E-state index is -1.78. The first kappa shape index (κ1) is 19.5. The summed E-state index contributed by atoms with van der Waals surface area (Å²) in [5.41, 5.74) is 2.68. The summed E-state index contributed by atoms with van der Waals surface area (Å²) >= 11 is 0. The van der Waals surface area contributed by atoms with Gasteiger partial charge in [0.25, 0.3) is 0 Å². The van der Waals surface area contributed by atoms with Crippen LogP contribution < -0.4 is 10.6 Å². The predicted molar refractivity (Wildman–Crippen MR) is 101 cm³/mol. The molecule has 1 aromatic carbocycles. The first-order valence-electron chi connectivity index (χ1n) is 8.82. The highest BCUT2D eigenvalue weighted by atomic mass is 28.3. The van der Waals surface area contributed by atoms with Crippen molar-refractivity contribution in [2.75, 3.05) is 0 Å². The first-order chi connectivity index (χ1) is 10.4. The molecule has 0 bridgehead atoms. The monoisotopic (exact) mass is 320 g/mol. The minimum Gasteiger partial charge on any atom is -0.423 e. The molecule has 0 aromatic heterocycles. The van der Waals surface area contributed by atoms with Crippen molar-refractivity contribution < 1.29 is 10.0 Å². The lowest BCUT2D eigenvalue weighted by atomic mass is 9.80. The maximum Gasteiger partial charge on any atom is 0.488 e. The third kappa shape index (κ3) is 3.50. The third-order valence-electron chi connectivity index (χ3n) is 5.97. The van der Waals surface area contributed by atoms with Gasteiger partial charge in [0.2, 0.25) is 0 Å². The molecule has 0 spiro atoms. The summed E-state index contributed by atoms with van der Waals surface area (Å²) < 4.78 is 0. The zero-order chi connectivity index (χ0) is 16.9. The molecular weight excluding hydrogens is 287 g/mol. The van der Waals surface area contributed by atoms with Crippen molar-refractivity contribution in [1.29, 1.82) is 0 Å². The van der Waals surface area contributed by atoms with Gasteiger partial charge in [-0.1, -0.05) is 90.3 Å². The van der Waals surface area contributed by atoms with Gasteiger partial charge in [-0.3, -0.25) is 0 Å². The summed E-state index contributed by atoms with van der Waals surface area (Å²) in [6, 6.07) is 8.13. The van der Waals surface area contributed by atoms with Gasteiger partial charge in [-0.25, -0.2) is 0 Å². The second kappa shape index (κ2) is 8.32. The summed E-state index contributed by atoms with van der Waals surface area (Å²) in [6.45, 7) is 14.1. The van der Waals surface area contributed by atoms with Crippen molar-refractivity contribution in [2.24, 2.45) is 0 Å². The van der Waals surface area contributed by atoms with Crippen molar-refractivity contribution in [1.82, 2.24) is 0 Å². The molecule has 0 amide bonds. The maximum absolute atomic E-state index is 9.57. The zero-order valence-corrected chi connectivity index (χ0v) is 16.1. The second-order valence-electron chi connectivity index (χ2n) is 6.86. The quantitative estimate of drug-likeness (QED) is 0.721. The molecule has 3 atom stereocenters. The molecule has 0 aliphatic carbocycles. The Bertz CT molecular complexity index is 438. The highest BCUT2D eigenvalue weighted by Crippen LogP contribution is 2.45. The fourth-order valence-electron chi connectivity index (χ4n) is 4.29. The van der Waals surface area contributed by atoms with E-state index in [0.717, 1.165) is 0 Å². The van der Waals surface area contributed by atoms with Crippen LogP contribution in [0.5, 0.6) is 0 Å². The van der Waals surface area contributed by atoms with Gasteiger partial charge in [0.15, 0.2) is 0 Å². The highest BCUT2D eigenvalue weighted by molar-refractivity contribution is 6.95. The van der Waals surface area contributed by atoms with Crippen LogP contribution in [0.3, 0.4) is 0 Å². The van der Waals surface area contributed by atoms with Crippen LogP contribution in [0.25, 0.3) is 0 Å². The Hall–Kier alpha value is -0.578. The van der Waals surface area contributed by atoms with Crippen molar-refractivity contribution in [3.05, 3.63) is 24.3 Å². The Balaban J connectivity index is 3.56. The van der Waals surface area contributed by atoms with Crippen LogP contribution >= 0.6 is 0 Å². The van der Waals surface area contributed by atoms with Crippen LogP contribution in [0.4, 0.5) is 0 Å². The van der Waals surface area contributed by atoms with Gasteiger partial charge in [0.1, 0.15) is 0 Å². The molecule has 0 fully saturated rings. The van der Waals surface area contributed by atoms with Gasteiger partial charge in [0.05, 0.1) is 8.07 Å². The molecule has 0 radical (unpaired) electrons. The number of rotatable bonds is 8. The fraction of sp³-hybridized carbons (Fsp3) is 0.667. The van der Waals surface area contributed by atoms with Gasteiger partial charge in [-0.2, -0.15) is 0 Å². The summed E-state index contributed by atoms with van der Waals surface area (Å²) in [5, 5.41) is 20.5. The average molecular weight is 320 g/mol. The molecule has 0 heterocycles. The van der Waals surface area contributed by atoms with Crippen LogP contribution in [0.1, 0.15) is 60.8 Å². The summed E-state index contributed by atoms with van der Waals surface area (Å²) in [5.74, 6) is 0. The van der Waals surface area contributed by atoms with Gasteiger partial charge < -0.3 is 10.0 Å². The van der Waals surface area contributed by atoms with E-state index in [1.165, 1.54) is 24.4 Å². The Morgan fingerprint density at radius 2 is 1.36 bits per heavy atom. The fourth-order valence-corrected chi connectivity index (χ4v) is 11.7. The van der Waals surface area contributed by atoms with Crippen molar-refractivity contribution in [2.45, 2.75) is 77.4 Å². The Morgan fingerprint density at radius 1 is 0.909 bits per heavy atom. The molecule has 1 rings (SSSR count). The molecule has 0 aliphatic heterocycles. The number of hydrogen-bond donors (Lipinski definition) is 2. The van der Waals surface area contributed by atoms with Crippen molar-refractivity contribution in [3.63, 3.8) is 0 Å². The minimum absolute atomic E-state index is 0.629. The SMILES string of the molecule is CCC(C)[Si](c1cccc(B(O)O)c1)(C(C)CC)C(C)CC. The molecular formula is C18H33BO2Si. The molecule has 2 N–H and O–H groups in total. The molecule has 1 aromatic rings. The molecule has 3 unspecified atom stereocenters. The smallest absolute Gasteiger partial charge is 0.423 e. The van der Waals surface area contributed by atoms with E-state index in [-0.39, 0.29) is 0 Å². The lowest BCUT2D eigenvalue weighted by Crippen LogP contribution is -2.58. The summed E-state index contributed by atoms with van der Waals surface area (Å²) in [7, 11) is -3.16. The first-order valence-corrected chi connectivity index (χ1v) is 11.1. The third-order valence-corrected chi connectivity index (χ3v) is 13.4. The molecule has 124 valence electrons. The van der Waals surface area contributed by atoms with Crippen LogP contribution in [-0.2, 0) is 0 Å². The van der Waals surface area contributed by atoms with Gasteiger partial charge in [0, 0.05) is 0 Å². The van der Waals surface area contributed by atoms with Gasteiger partial charge >= 0.3 is 7.12 Å². The van der Waals surface area contributed by atoms with Crippen LogP contribution in [-0.4, -0.2) is 25.2 Å². The Morgan fingerprint density at radius 3 is 1.73 bits per heavy atom. The predicted octanol–water partition coefficient (Wildman–Crippen LogP) is 3.42. The van der Waals surface area contributed by atoms with Crippen LogP contribution in [0.2, 0.25) is 16.6 Å². The molecule has 0 aliphatic rings. The maximum atomic E-state index is 9.57. The van der Waals surface area contributed by atoms with Gasteiger partial charge in [-0.15, -0.1) is 0 Å². The van der Waals surface area contributed by atoms with Crippen molar-refractivity contribution >= 4 is 25.8 Å². The second-order valence-corrected chi connectivity index (χ2v) is 12.3. The van der Waals surface area contributed by atoms with E-state index >= 15 is 0 Å². The van der Waals surface area contributed by atoms with Crippen molar-refractivity contribution in [3.8, 4) is 0 Å². The average Bonchev–Trinajstić information content (AvgIpc) is 2.54. The van der Waals surface area contributed by atoms with E-state index in [2.05, 4.69) is 53.7 Å². The molecule has 2 nitrogen and oxygen atoms in total. The largest absolute Gasteiger partial charge is 0.488 e. The lowest BCUT2D eigenvalue weighted by Gasteiger charge is -2.47. The zero-order valence-electron chi connectivity index (χ0n) is 15.1. The molecule has 22 heavy (non-hydrogen) atoms. The normalized spacial score (nSPS) is 18.4. The number of benzene rings is 1. The lowest BCUT2D eigenvalue weighted by molar-refractivity contribution is 0.426. The van der Waals surface area contributed by atoms with E-state index in [9.17, 15) is 10.0 Å². The molecule has 0 saturated heterocycles. The molecule has 0 saturated carbocycles. The summed E-state index contributed by atoms with van der Waals surface area (Å²) in [6.07, 6.45) is 3.56. The van der Waals surface area contributed by atoms with Gasteiger partial charge in [-0.05, 0) is 22.1 Å². The highest BCUT2D eigenvalue weighted by Gasteiger charge is 2.47. The molecule has 4 heteroatoms. The van der Waals surface area contributed by atoms with E-state index in [0.29, 0.717) is 22.1 Å².